The summed E-state index contributed by atoms with van der Waals surface area (Å²) < 4.78 is 17.9. The molecule has 0 saturated carbocycles. The fourth-order valence-electron chi connectivity index (χ4n) is 1.26. The molecule has 0 aliphatic heterocycles. The molecule has 0 radical (unpaired) electrons. The topological polar surface area (TPSA) is 58.1 Å². The molecular formula is C9H10N2O2S2. The molecule has 4 nitrogen and oxygen atoms in total. The Morgan fingerprint density at radius 1 is 1.60 bits per heavy atom. The summed E-state index contributed by atoms with van der Waals surface area (Å²) in [6, 6.07) is 1.90. The van der Waals surface area contributed by atoms with Gasteiger partial charge in [0, 0.05) is 30.0 Å². The molecule has 2 heterocycles. The van der Waals surface area contributed by atoms with Crippen molar-refractivity contribution < 1.29 is 9.29 Å². The van der Waals surface area contributed by atoms with Gasteiger partial charge in [0.2, 0.25) is 0 Å². The molecule has 2 aromatic rings. The Kier molecular flexibility index (Phi) is 3.20. The quantitative estimate of drug-likeness (QED) is 0.767. The van der Waals surface area contributed by atoms with Crippen molar-refractivity contribution in [1.82, 2.24) is 9.97 Å². The Balaban J connectivity index is 2.54. The van der Waals surface area contributed by atoms with Crippen molar-refractivity contribution in [1.29, 1.82) is 0 Å². The van der Waals surface area contributed by atoms with E-state index in [4.69, 9.17) is 4.74 Å². The van der Waals surface area contributed by atoms with Gasteiger partial charge in [0.05, 0.1) is 11.3 Å². The van der Waals surface area contributed by atoms with Crippen LogP contribution in [0.25, 0.3) is 10.3 Å². The molecule has 15 heavy (non-hydrogen) atoms. The van der Waals surface area contributed by atoms with E-state index in [0.717, 1.165) is 10.3 Å². The number of hydrogen-bond acceptors (Lipinski definition) is 5. The second-order valence-electron chi connectivity index (χ2n) is 2.99. The van der Waals surface area contributed by atoms with E-state index >= 15 is 0 Å². The lowest BCUT2D eigenvalue weighted by Crippen LogP contribution is -1.95. The molecule has 0 aliphatic carbocycles. The Hall–Kier alpha value is -0.690. The first-order valence-corrected chi connectivity index (χ1v) is 6.66. The van der Waals surface area contributed by atoms with Crippen molar-refractivity contribution in [3.63, 3.8) is 0 Å². The minimum Gasteiger partial charge on any atom is -0.610 e. The van der Waals surface area contributed by atoms with E-state index in [9.17, 15) is 4.55 Å². The van der Waals surface area contributed by atoms with Crippen LogP contribution >= 0.6 is 11.3 Å². The molecule has 0 bridgehead atoms. The van der Waals surface area contributed by atoms with E-state index in [1.807, 2.05) is 6.07 Å². The summed E-state index contributed by atoms with van der Waals surface area (Å²) >= 11 is 0.371. The molecule has 0 amide bonds. The first-order chi connectivity index (χ1) is 7.22. The van der Waals surface area contributed by atoms with E-state index in [2.05, 4.69) is 9.97 Å². The lowest BCUT2D eigenvalue weighted by atomic mass is 10.3. The zero-order chi connectivity index (χ0) is 10.8. The molecule has 6 heteroatoms. The lowest BCUT2D eigenvalue weighted by Gasteiger charge is -1.98. The first-order valence-electron chi connectivity index (χ1n) is 4.29. The van der Waals surface area contributed by atoms with E-state index in [-0.39, 0.29) is 0 Å². The normalized spacial score (nSPS) is 13.3. The van der Waals surface area contributed by atoms with Crippen molar-refractivity contribution in [3.05, 3.63) is 17.8 Å². The summed E-state index contributed by atoms with van der Waals surface area (Å²) in [7, 11) is 1.65. The van der Waals surface area contributed by atoms with E-state index in [1.165, 1.54) is 11.3 Å². The van der Waals surface area contributed by atoms with Crippen molar-refractivity contribution in [3.8, 4) is 0 Å². The second kappa shape index (κ2) is 4.44. The molecule has 80 valence electrons. The summed E-state index contributed by atoms with van der Waals surface area (Å²) in [4.78, 5) is 8.34. The number of methoxy groups -OCH3 is 1. The highest BCUT2D eigenvalue weighted by atomic mass is 32.2. The van der Waals surface area contributed by atoms with Gasteiger partial charge in [0.25, 0.3) is 0 Å². The summed E-state index contributed by atoms with van der Waals surface area (Å²) in [5.41, 5.74) is 1.69. The van der Waals surface area contributed by atoms with E-state index in [0.29, 0.717) is 16.6 Å². The Labute approximate surface area is 94.5 Å². The van der Waals surface area contributed by atoms with Gasteiger partial charge in [0.1, 0.15) is 6.26 Å². The van der Waals surface area contributed by atoms with Crippen LogP contribution in [-0.2, 0) is 22.5 Å². The molecule has 2 rings (SSSR count). The van der Waals surface area contributed by atoms with Crippen LogP contribution in [0.5, 0.6) is 0 Å². The molecular weight excluding hydrogens is 232 g/mol. The number of hydrogen-bond donors (Lipinski definition) is 0. The van der Waals surface area contributed by atoms with Gasteiger partial charge in [-0.3, -0.25) is 0 Å². The minimum atomic E-state index is -1.05. The SMILES string of the molecule is COCc1ccnc2nc([S+](C)[O-])sc12. The third kappa shape index (κ3) is 2.12. The van der Waals surface area contributed by atoms with Crippen molar-refractivity contribution in [2.45, 2.75) is 10.9 Å². The van der Waals surface area contributed by atoms with Crippen LogP contribution < -0.4 is 0 Å². The number of thiazole rings is 1. The van der Waals surface area contributed by atoms with Crippen LogP contribution in [0.2, 0.25) is 0 Å². The number of aromatic nitrogens is 2. The van der Waals surface area contributed by atoms with Gasteiger partial charge >= 0.3 is 4.34 Å². The maximum atomic E-state index is 11.3. The maximum absolute atomic E-state index is 11.3. The molecule has 0 aliphatic rings. The van der Waals surface area contributed by atoms with Crippen molar-refractivity contribution in [2.75, 3.05) is 13.4 Å². The predicted octanol–water partition coefficient (Wildman–Crippen LogP) is 1.58. The number of rotatable bonds is 3. The van der Waals surface area contributed by atoms with Gasteiger partial charge in [0.15, 0.2) is 5.65 Å². The highest BCUT2D eigenvalue weighted by Gasteiger charge is 2.15. The number of nitrogens with zero attached hydrogens (tertiary/aromatic N) is 2. The average molecular weight is 242 g/mol. The maximum Gasteiger partial charge on any atom is 0.303 e. The second-order valence-corrected chi connectivity index (χ2v) is 5.54. The van der Waals surface area contributed by atoms with Crippen LogP contribution in [0.3, 0.4) is 0 Å². The van der Waals surface area contributed by atoms with Gasteiger partial charge in [-0.25, -0.2) is 4.98 Å². The largest absolute Gasteiger partial charge is 0.610 e. The molecule has 1 atom stereocenters. The van der Waals surface area contributed by atoms with Crippen molar-refractivity contribution in [2.24, 2.45) is 0 Å². The monoisotopic (exact) mass is 242 g/mol. The summed E-state index contributed by atoms with van der Waals surface area (Å²) in [6.07, 6.45) is 3.31. The highest BCUT2D eigenvalue weighted by molar-refractivity contribution is 7.92. The third-order valence-electron chi connectivity index (χ3n) is 1.90. The average Bonchev–Trinajstić information content (AvgIpc) is 2.63. The number of pyridine rings is 1. The van der Waals surface area contributed by atoms with Crippen LogP contribution in [0.15, 0.2) is 16.6 Å². The predicted molar refractivity (Wildman–Crippen MR) is 60.5 cm³/mol. The van der Waals surface area contributed by atoms with Gasteiger partial charge in [-0.15, -0.1) is 0 Å². The van der Waals surface area contributed by atoms with E-state index < -0.39 is 11.2 Å². The van der Waals surface area contributed by atoms with Gasteiger partial charge in [-0.1, -0.05) is 11.3 Å². The van der Waals surface area contributed by atoms with E-state index in [1.54, 1.807) is 19.6 Å². The Morgan fingerprint density at radius 3 is 3.07 bits per heavy atom. The molecule has 2 aromatic heterocycles. The van der Waals surface area contributed by atoms with Crippen molar-refractivity contribution >= 4 is 32.9 Å². The van der Waals surface area contributed by atoms with Gasteiger partial charge < -0.3 is 9.29 Å². The first kappa shape index (κ1) is 10.8. The molecule has 0 aromatic carbocycles. The summed E-state index contributed by atoms with van der Waals surface area (Å²) in [5.74, 6) is 0. The standard InChI is InChI=1S/C9H10N2O2S2/c1-13-5-6-3-4-10-8-7(6)14-9(11-8)15(2)12/h3-4H,5H2,1-2H3. The molecule has 0 fully saturated rings. The molecule has 0 saturated heterocycles. The Morgan fingerprint density at radius 2 is 2.40 bits per heavy atom. The highest BCUT2D eigenvalue weighted by Crippen LogP contribution is 2.27. The fraction of sp³-hybridized carbons (Fsp3) is 0.333. The fourth-order valence-corrected chi connectivity index (χ4v) is 2.94. The lowest BCUT2D eigenvalue weighted by molar-refractivity contribution is 0.186. The third-order valence-corrected chi connectivity index (χ3v) is 4.35. The molecule has 0 N–H and O–H groups in total. The summed E-state index contributed by atoms with van der Waals surface area (Å²) in [5, 5.41) is 0. The zero-order valence-electron chi connectivity index (χ0n) is 8.39. The van der Waals surface area contributed by atoms with Crippen LogP contribution in [0.4, 0.5) is 0 Å². The smallest absolute Gasteiger partial charge is 0.303 e. The Bertz CT molecular complexity index is 470. The van der Waals surface area contributed by atoms with Crippen LogP contribution in [-0.4, -0.2) is 27.9 Å². The van der Waals surface area contributed by atoms with Crippen LogP contribution in [0.1, 0.15) is 5.56 Å². The molecule has 1 unspecified atom stereocenters. The molecule has 0 spiro atoms. The van der Waals surface area contributed by atoms with Gasteiger partial charge in [-0.05, 0) is 6.07 Å². The number of fused-ring (bicyclic) bond motifs is 1. The minimum absolute atomic E-state index is 0.525. The zero-order valence-corrected chi connectivity index (χ0v) is 10.0. The van der Waals surface area contributed by atoms with Gasteiger partial charge in [-0.2, -0.15) is 4.98 Å². The number of ether oxygens (including phenoxy) is 1. The van der Waals surface area contributed by atoms with Crippen LogP contribution in [0, 0.1) is 0 Å². The summed E-state index contributed by atoms with van der Waals surface area (Å²) in [6.45, 7) is 0.525.